The predicted molar refractivity (Wildman–Crippen MR) is 38.0 cm³/mol. The van der Waals surface area contributed by atoms with E-state index in [1.165, 1.54) is 0 Å². The molecule has 0 aromatic carbocycles. The van der Waals surface area contributed by atoms with Crippen molar-refractivity contribution in [3.63, 3.8) is 0 Å². The van der Waals surface area contributed by atoms with E-state index in [-0.39, 0.29) is 13.2 Å². The first-order valence-electron chi connectivity index (χ1n) is 3.66. The van der Waals surface area contributed by atoms with Crippen molar-refractivity contribution in [1.29, 1.82) is 0 Å². The zero-order valence-electron chi connectivity index (χ0n) is 6.78. The maximum absolute atomic E-state index is 9.19. The minimum Gasteiger partial charge on any atom is -0.394 e. The molecule has 0 aromatic heterocycles. The third-order valence-electron chi connectivity index (χ3n) is 1.65. The van der Waals surface area contributed by atoms with Gasteiger partial charge in [0.2, 0.25) is 0 Å². The highest BCUT2D eigenvalue weighted by Gasteiger charge is 2.34. The molecule has 2 atom stereocenters. The van der Waals surface area contributed by atoms with Gasteiger partial charge in [-0.2, -0.15) is 0 Å². The lowest BCUT2D eigenvalue weighted by Crippen LogP contribution is -2.50. The van der Waals surface area contributed by atoms with Gasteiger partial charge in [-0.05, 0) is 13.8 Å². The molecule has 1 saturated heterocycles. The highest BCUT2D eigenvalue weighted by atomic mass is 16.7. The molecule has 0 spiro atoms. The highest BCUT2D eigenvalue weighted by Crippen LogP contribution is 2.21. The molecule has 0 aliphatic carbocycles. The fourth-order valence-electron chi connectivity index (χ4n) is 1.03. The summed E-state index contributed by atoms with van der Waals surface area (Å²) in [5, 5.41) is 17.9. The Kier molecular flexibility index (Phi) is 2.49. The molecule has 0 saturated carbocycles. The number of aliphatic hydroxyl groups is 2. The summed E-state index contributed by atoms with van der Waals surface area (Å²) in [4.78, 5) is 0. The van der Waals surface area contributed by atoms with Gasteiger partial charge in [-0.25, -0.2) is 0 Å². The second kappa shape index (κ2) is 3.06. The number of ether oxygens (including phenoxy) is 2. The van der Waals surface area contributed by atoms with Crippen molar-refractivity contribution >= 4 is 0 Å². The molecule has 1 fully saturated rings. The third kappa shape index (κ3) is 2.13. The minimum absolute atomic E-state index is 0.173. The van der Waals surface area contributed by atoms with Crippen molar-refractivity contribution in [1.82, 2.24) is 0 Å². The van der Waals surface area contributed by atoms with Crippen molar-refractivity contribution in [3.8, 4) is 0 Å². The first-order chi connectivity index (χ1) is 5.05. The van der Waals surface area contributed by atoms with Gasteiger partial charge < -0.3 is 19.7 Å². The zero-order chi connectivity index (χ0) is 8.48. The first kappa shape index (κ1) is 8.93. The molecule has 4 heteroatoms. The van der Waals surface area contributed by atoms with Gasteiger partial charge in [0.25, 0.3) is 0 Å². The van der Waals surface area contributed by atoms with E-state index in [0.29, 0.717) is 0 Å². The summed E-state index contributed by atoms with van der Waals surface area (Å²) in [6.45, 7) is 3.55. The lowest BCUT2D eigenvalue weighted by molar-refractivity contribution is -0.308. The van der Waals surface area contributed by atoms with Crippen molar-refractivity contribution in [2.45, 2.75) is 31.8 Å². The normalized spacial score (nSPS) is 37.1. The summed E-state index contributed by atoms with van der Waals surface area (Å²) in [6, 6.07) is 0. The molecule has 1 aliphatic heterocycles. The summed E-state index contributed by atoms with van der Waals surface area (Å²) in [5.74, 6) is -0.688. The van der Waals surface area contributed by atoms with Crippen LogP contribution >= 0.6 is 0 Å². The summed E-state index contributed by atoms with van der Waals surface area (Å²) in [6.07, 6.45) is -1.23. The molecule has 0 aromatic rings. The van der Waals surface area contributed by atoms with Crippen LogP contribution in [0.2, 0.25) is 0 Å². The van der Waals surface area contributed by atoms with Gasteiger partial charge in [-0.15, -0.1) is 0 Å². The quantitative estimate of drug-likeness (QED) is 0.545. The van der Waals surface area contributed by atoms with Crippen molar-refractivity contribution in [2.75, 3.05) is 13.2 Å². The third-order valence-corrected chi connectivity index (χ3v) is 1.65. The van der Waals surface area contributed by atoms with E-state index < -0.39 is 18.0 Å². The summed E-state index contributed by atoms with van der Waals surface area (Å²) in [5.41, 5.74) is 0. The van der Waals surface area contributed by atoms with Crippen molar-refractivity contribution in [2.24, 2.45) is 0 Å². The molecule has 66 valence electrons. The van der Waals surface area contributed by atoms with Gasteiger partial charge in [0, 0.05) is 0 Å². The summed E-state index contributed by atoms with van der Waals surface area (Å²) >= 11 is 0. The topological polar surface area (TPSA) is 58.9 Å². The molecule has 11 heavy (non-hydrogen) atoms. The second-order valence-corrected chi connectivity index (χ2v) is 3.12. The molecule has 1 heterocycles. The van der Waals surface area contributed by atoms with Crippen LogP contribution in [0, 0.1) is 0 Å². The van der Waals surface area contributed by atoms with Gasteiger partial charge in [-0.1, -0.05) is 0 Å². The highest BCUT2D eigenvalue weighted by molar-refractivity contribution is 4.75. The van der Waals surface area contributed by atoms with E-state index in [4.69, 9.17) is 14.6 Å². The number of rotatable bonds is 1. The number of hydrogen-bond donors (Lipinski definition) is 2. The Morgan fingerprint density at radius 1 is 1.55 bits per heavy atom. The molecule has 0 amide bonds. The Morgan fingerprint density at radius 2 is 2.18 bits per heavy atom. The Balaban J connectivity index is 2.51. The van der Waals surface area contributed by atoms with Gasteiger partial charge in [0.1, 0.15) is 12.2 Å². The van der Waals surface area contributed by atoms with Crippen LogP contribution in [0.25, 0.3) is 0 Å². The van der Waals surface area contributed by atoms with Gasteiger partial charge in [-0.3, -0.25) is 0 Å². The van der Waals surface area contributed by atoms with Crippen LogP contribution in [-0.2, 0) is 9.47 Å². The van der Waals surface area contributed by atoms with Crippen LogP contribution in [0.15, 0.2) is 0 Å². The standard InChI is InChI=1S/C7H14O4/c1-7(2)10-4-5(9)6(3-8)11-7/h5-6,8-9H,3-4H2,1-2H3/t5-,6+/m1/s1. The van der Waals surface area contributed by atoms with E-state index >= 15 is 0 Å². The Morgan fingerprint density at radius 3 is 2.64 bits per heavy atom. The van der Waals surface area contributed by atoms with E-state index in [0.717, 1.165) is 0 Å². The van der Waals surface area contributed by atoms with Crippen molar-refractivity contribution < 1.29 is 19.7 Å². The van der Waals surface area contributed by atoms with Gasteiger partial charge >= 0.3 is 0 Å². The fraction of sp³-hybridized carbons (Fsp3) is 1.00. The largest absolute Gasteiger partial charge is 0.394 e. The van der Waals surface area contributed by atoms with Crippen LogP contribution in [0.3, 0.4) is 0 Å². The predicted octanol–water partition coefficient (Wildman–Crippen LogP) is -0.509. The van der Waals surface area contributed by atoms with E-state index in [9.17, 15) is 5.11 Å². The Labute approximate surface area is 65.7 Å². The van der Waals surface area contributed by atoms with Crippen LogP contribution in [0.5, 0.6) is 0 Å². The molecular formula is C7H14O4. The second-order valence-electron chi connectivity index (χ2n) is 3.12. The smallest absolute Gasteiger partial charge is 0.163 e. The lowest BCUT2D eigenvalue weighted by Gasteiger charge is -2.38. The van der Waals surface area contributed by atoms with E-state index in [1.54, 1.807) is 13.8 Å². The zero-order valence-corrected chi connectivity index (χ0v) is 6.78. The maximum Gasteiger partial charge on any atom is 0.163 e. The monoisotopic (exact) mass is 162 g/mol. The molecule has 1 aliphatic rings. The number of aliphatic hydroxyl groups excluding tert-OH is 2. The molecule has 0 unspecified atom stereocenters. The van der Waals surface area contributed by atoms with Gasteiger partial charge in [0.05, 0.1) is 13.2 Å². The van der Waals surface area contributed by atoms with Crippen LogP contribution in [-0.4, -0.2) is 41.4 Å². The first-order valence-corrected chi connectivity index (χ1v) is 3.66. The number of hydrogen-bond acceptors (Lipinski definition) is 4. The van der Waals surface area contributed by atoms with Crippen LogP contribution in [0.4, 0.5) is 0 Å². The summed E-state index contributed by atoms with van der Waals surface area (Å²) < 4.78 is 10.3. The van der Waals surface area contributed by atoms with Crippen LogP contribution in [0.1, 0.15) is 13.8 Å². The van der Waals surface area contributed by atoms with E-state index in [1.807, 2.05) is 0 Å². The molecule has 0 radical (unpaired) electrons. The average molecular weight is 162 g/mol. The molecular weight excluding hydrogens is 148 g/mol. The Bertz CT molecular complexity index is 134. The molecule has 4 nitrogen and oxygen atoms in total. The average Bonchev–Trinajstić information content (AvgIpc) is 1.94. The van der Waals surface area contributed by atoms with Crippen LogP contribution < -0.4 is 0 Å². The van der Waals surface area contributed by atoms with Gasteiger partial charge in [0.15, 0.2) is 5.79 Å². The maximum atomic E-state index is 9.19. The SMILES string of the molecule is CC1(C)OC[C@@H](O)[C@H](CO)O1. The lowest BCUT2D eigenvalue weighted by atomic mass is 10.2. The summed E-state index contributed by atoms with van der Waals surface area (Å²) in [7, 11) is 0. The van der Waals surface area contributed by atoms with E-state index in [2.05, 4.69) is 0 Å². The Hall–Kier alpha value is -0.160. The van der Waals surface area contributed by atoms with Crippen molar-refractivity contribution in [3.05, 3.63) is 0 Å². The molecule has 2 N–H and O–H groups in total. The minimum atomic E-state index is -0.715. The molecule has 1 rings (SSSR count). The fourth-order valence-corrected chi connectivity index (χ4v) is 1.03. The molecule has 0 bridgehead atoms.